The van der Waals surface area contributed by atoms with Gasteiger partial charge in [-0.2, -0.15) is 0 Å². The van der Waals surface area contributed by atoms with Gasteiger partial charge in [-0.05, 0) is 33.3 Å². The van der Waals surface area contributed by atoms with E-state index in [2.05, 4.69) is 5.32 Å². The molecule has 1 aromatic rings. The first-order chi connectivity index (χ1) is 10.8. The molecule has 2 rings (SSSR count). The number of benzene rings is 1. The molecule has 5 heteroatoms. The van der Waals surface area contributed by atoms with Crippen molar-refractivity contribution in [3.8, 4) is 0 Å². The minimum absolute atomic E-state index is 0.121. The third kappa shape index (κ3) is 5.84. The monoisotopic (exact) mass is 320 g/mol. The first-order valence-corrected chi connectivity index (χ1v) is 8.20. The Labute approximate surface area is 139 Å². The number of carbonyl (C=O) groups excluding carboxylic acids is 1. The molecule has 0 aromatic heterocycles. The highest BCUT2D eigenvalue weighted by molar-refractivity contribution is 5.68. The normalized spacial score (nSPS) is 22.0. The number of rotatable bonds is 4. The van der Waals surface area contributed by atoms with Crippen molar-refractivity contribution < 1.29 is 14.3 Å². The van der Waals surface area contributed by atoms with Gasteiger partial charge in [-0.1, -0.05) is 30.3 Å². The summed E-state index contributed by atoms with van der Waals surface area (Å²) in [7, 11) is 0. The summed E-state index contributed by atoms with van der Waals surface area (Å²) in [6, 6.07) is 10.3. The van der Waals surface area contributed by atoms with Crippen LogP contribution in [-0.4, -0.2) is 48.4 Å². The zero-order chi connectivity index (χ0) is 16.9. The second-order valence-electron chi connectivity index (χ2n) is 7.09. The van der Waals surface area contributed by atoms with E-state index in [-0.39, 0.29) is 18.2 Å². The number of piperazine rings is 1. The third-order valence-corrected chi connectivity index (χ3v) is 3.71. The fourth-order valence-electron chi connectivity index (χ4n) is 2.51. The van der Waals surface area contributed by atoms with Gasteiger partial charge in [-0.3, -0.25) is 0 Å². The van der Waals surface area contributed by atoms with Crippen LogP contribution in [0.2, 0.25) is 0 Å². The molecule has 0 unspecified atom stereocenters. The third-order valence-electron chi connectivity index (χ3n) is 3.71. The maximum atomic E-state index is 12.3. The molecule has 1 amide bonds. The van der Waals surface area contributed by atoms with E-state index in [4.69, 9.17) is 9.47 Å². The predicted molar refractivity (Wildman–Crippen MR) is 90.3 cm³/mol. The quantitative estimate of drug-likeness (QED) is 0.927. The number of carbonyl (C=O) groups is 1. The molecule has 1 N–H and O–H groups in total. The van der Waals surface area contributed by atoms with Crippen molar-refractivity contribution in [3.05, 3.63) is 35.9 Å². The predicted octanol–water partition coefficient (Wildman–Crippen LogP) is 2.80. The maximum Gasteiger partial charge on any atom is 0.410 e. The SMILES string of the molecule is C[C@@H]1CN[C@@H](COCc2ccccc2)CN1C(=O)OC(C)(C)C. The van der Waals surface area contributed by atoms with Crippen LogP contribution >= 0.6 is 0 Å². The number of ether oxygens (including phenoxy) is 2. The molecule has 1 heterocycles. The maximum absolute atomic E-state index is 12.3. The summed E-state index contributed by atoms with van der Waals surface area (Å²) < 4.78 is 11.3. The second-order valence-corrected chi connectivity index (χ2v) is 7.09. The van der Waals surface area contributed by atoms with E-state index >= 15 is 0 Å². The van der Waals surface area contributed by atoms with Crippen molar-refractivity contribution in [3.63, 3.8) is 0 Å². The minimum atomic E-state index is -0.471. The van der Waals surface area contributed by atoms with Crippen molar-refractivity contribution in [2.45, 2.75) is 52.0 Å². The lowest BCUT2D eigenvalue weighted by atomic mass is 10.1. The zero-order valence-electron chi connectivity index (χ0n) is 14.5. The van der Waals surface area contributed by atoms with Gasteiger partial charge in [0, 0.05) is 25.2 Å². The Bertz CT molecular complexity index is 499. The highest BCUT2D eigenvalue weighted by atomic mass is 16.6. The van der Waals surface area contributed by atoms with Crippen LogP contribution in [-0.2, 0) is 16.1 Å². The number of nitrogens with zero attached hydrogens (tertiary/aromatic N) is 1. The second kappa shape index (κ2) is 7.79. The van der Waals surface area contributed by atoms with Gasteiger partial charge >= 0.3 is 6.09 Å². The standard InChI is InChI=1S/C18H28N2O3/c1-14-10-19-16(11-20(14)17(21)23-18(2,3)4)13-22-12-15-8-6-5-7-9-15/h5-9,14,16,19H,10-13H2,1-4H3/t14-,16-/m1/s1. The highest BCUT2D eigenvalue weighted by Gasteiger charge is 2.31. The summed E-state index contributed by atoms with van der Waals surface area (Å²) in [6.45, 7) is 10.2. The topological polar surface area (TPSA) is 50.8 Å². The fraction of sp³-hybridized carbons (Fsp3) is 0.611. The zero-order valence-corrected chi connectivity index (χ0v) is 14.5. The molecule has 1 fully saturated rings. The molecular weight excluding hydrogens is 292 g/mol. The molecule has 5 nitrogen and oxygen atoms in total. The average molecular weight is 320 g/mol. The number of nitrogens with one attached hydrogen (secondary N) is 1. The Hall–Kier alpha value is -1.59. The lowest BCUT2D eigenvalue weighted by Crippen LogP contribution is -2.59. The van der Waals surface area contributed by atoms with Crippen LogP contribution in [0.1, 0.15) is 33.3 Å². The molecule has 2 atom stereocenters. The summed E-state index contributed by atoms with van der Waals surface area (Å²) in [6.07, 6.45) is -0.250. The minimum Gasteiger partial charge on any atom is -0.444 e. The Morgan fingerprint density at radius 1 is 1.30 bits per heavy atom. The van der Waals surface area contributed by atoms with Gasteiger partial charge in [-0.25, -0.2) is 4.79 Å². The molecule has 128 valence electrons. The summed E-state index contributed by atoms with van der Waals surface area (Å²) in [5, 5.41) is 3.43. The Morgan fingerprint density at radius 2 is 2.00 bits per heavy atom. The Kier molecular flexibility index (Phi) is 6.02. The number of hydrogen-bond acceptors (Lipinski definition) is 4. The highest BCUT2D eigenvalue weighted by Crippen LogP contribution is 2.15. The van der Waals surface area contributed by atoms with Crippen molar-refractivity contribution in [1.82, 2.24) is 10.2 Å². The van der Waals surface area contributed by atoms with Crippen LogP contribution < -0.4 is 5.32 Å². The molecule has 1 aromatic carbocycles. The van der Waals surface area contributed by atoms with Crippen molar-refractivity contribution >= 4 is 6.09 Å². The van der Waals surface area contributed by atoms with Crippen LogP contribution in [0.3, 0.4) is 0 Å². The molecular formula is C18H28N2O3. The van der Waals surface area contributed by atoms with E-state index in [0.717, 1.165) is 12.1 Å². The van der Waals surface area contributed by atoms with Gasteiger partial charge in [0.2, 0.25) is 0 Å². The molecule has 1 saturated heterocycles. The first-order valence-electron chi connectivity index (χ1n) is 8.20. The van der Waals surface area contributed by atoms with Crippen molar-refractivity contribution in [2.75, 3.05) is 19.7 Å². The van der Waals surface area contributed by atoms with Gasteiger partial charge in [0.1, 0.15) is 5.60 Å². The van der Waals surface area contributed by atoms with Crippen LogP contribution in [0.25, 0.3) is 0 Å². The van der Waals surface area contributed by atoms with E-state index in [0.29, 0.717) is 19.8 Å². The molecule has 1 aliphatic rings. The van der Waals surface area contributed by atoms with Crippen LogP contribution in [0.4, 0.5) is 4.79 Å². The summed E-state index contributed by atoms with van der Waals surface area (Å²) in [5.41, 5.74) is 0.682. The van der Waals surface area contributed by atoms with Gasteiger partial charge in [-0.15, -0.1) is 0 Å². The van der Waals surface area contributed by atoms with E-state index in [9.17, 15) is 4.79 Å². The lowest BCUT2D eigenvalue weighted by Gasteiger charge is -2.39. The lowest BCUT2D eigenvalue weighted by molar-refractivity contribution is 0.00176. The molecule has 0 radical (unpaired) electrons. The van der Waals surface area contributed by atoms with Crippen LogP contribution in [0.5, 0.6) is 0 Å². The summed E-state index contributed by atoms with van der Waals surface area (Å²) in [5.74, 6) is 0. The molecule has 0 spiro atoms. The van der Waals surface area contributed by atoms with E-state index in [1.807, 2.05) is 58.0 Å². The largest absolute Gasteiger partial charge is 0.444 e. The van der Waals surface area contributed by atoms with E-state index in [1.165, 1.54) is 0 Å². The molecule has 0 saturated carbocycles. The fourth-order valence-corrected chi connectivity index (χ4v) is 2.51. The molecule has 0 aliphatic carbocycles. The average Bonchev–Trinajstić information content (AvgIpc) is 2.48. The molecule has 23 heavy (non-hydrogen) atoms. The summed E-state index contributed by atoms with van der Waals surface area (Å²) in [4.78, 5) is 14.1. The van der Waals surface area contributed by atoms with Crippen molar-refractivity contribution in [2.24, 2.45) is 0 Å². The van der Waals surface area contributed by atoms with E-state index in [1.54, 1.807) is 4.90 Å². The van der Waals surface area contributed by atoms with Gasteiger partial charge in [0.05, 0.1) is 13.2 Å². The van der Waals surface area contributed by atoms with E-state index < -0.39 is 5.60 Å². The Morgan fingerprint density at radius 3 is 2.65 bits per heavy atom. The number of hydrogen-bond donors (Lipinski definition) is 1. The smallest absolute Gasteiger partial charge is 0.410 e. The molecule has 0 bridgehead atoms. The van der Waals surface area contributed by atoms with Crippen molar-refractivity contribution in [1.29, 1.82) is 0 Å². The van der Waals surface area contributed by atoms with Crippen LogP contribution in [0, 0.1) is 0 Å². The van der Waals surface area contributed by atoms with Gasteiger partial charge in [0.15, 0.2) is 0 Å². The number of amides is 1. The molecule has 1 aliphatic heterocycles. The first kappa shape index (κ1) is 17.8. The Balaban J connectivity index is 1.81. The van der Waals surface area contributed by atoms with Crippen LogP contribution in [0.15, 0.2) is 30.3 Å². The van der Waals surface area contributed by atoms with Gasteiger partial charge < -0.3 is 19.7 Å². The summed E-state index contributed by atoms with van der Waals surface area (Å²) >= 11 is 0. The van der Waals surface area contributed by atoms with Gasteiger partial charge in [0.25, 0.3) is 0 Å².